The number of amides is 2. The molecule has 1 aromatic heterocycles. The van der Waals surface area contributed by atoms with E-state index in [4.69, 9.17) is 9.84 Å². The van der Waals surface area contributed by atoms with E-state index in [0.717, 1.165) is 0 Å². The number of methoxy groups -OCH3 is 1. The van der Waals surface area contributed by atoms with Crippen LogP contribution in [-0.4, -0.2) is 58.4 Å². The number of carbonyl (C=O) groups is 2. The van der Waals surface area contributed by atoms with Crippen LogP contribution in [0.15, 0.2) is 12.4 Å². The maximum absolute atomic E-state index is 11.5. The largest absolute Gasteiger partial charge is 0.480 e. The molecule has 0 aliphatic heterocycles. The van der Waals surface area contributed by atoms with Gasteiger partial charge >= 0.3 is 12.0 Å². The molecule has 19 heavy (non-hydrogen) atoms. The molecule has 2 amide bonds. The molecule has 0 aliphatic carbocycles. The number of ether oxygens (including phenoxy) is 1. The van der Waals surface area contributed by atoms with Crippen LogP contribution < -0.4 is 10.6 Å². The lowest BCUT2D eigenvalue weighted by molar-refractivity contribution is -0.139. The van der Waals surface area contributed by atoms with Gasteiger partial charge in [-0.15, -0.1) is 5.10 Å². The molecule has 3 N–H and O–H groups in total. The summed E-state index contributed by atoms with van der Waals surface area (Å²) in [5.41, 5.74) is 0. The maximum atomic E-state index is 11.5. The van der Waals surface area contributed by atoms with Crippen molar-refractivity contribution >= 4 is 12.0 Å². The summed E-state index contributed by atoms with van der Waals surface area (Å²) < 4.78 is 6.34. The Bertz CT molecular complexity index is 395. The number of aromatic nitrogens is 3. The Balaban J connectivity index is 2.25. The Morgan fingerprint density at radius 3 is 2.89 bits per heavy atom. The first kappa shape index (κ1) is 14.9. The minimum Gasteiger partial charge on any atom is -0.480 e. The zero-order chi connectivity index (χ0) is 14.1. The first-order valence-corrected chi connectivity index (χ1v) is 5.73. The number of aliphatic carboxylic acids is 1. The average molecular weight is 271 g/mol. The van der Waals surface area contributed by atoms with Crippen LogP contribution in [0.25, 0.3) is 0 Å². The van der Waals surface area contributed by atoms with Gasteiger partial charge in [0.15, 0.2) is 0 Å². The van der Waals surface area contributed by atoms with E-state index in [1.807, 2.05) is 0 Å². The van der Waals surface area contributed by atoms with E-state index < -0.39 is 18.0 Å². The van der Waals surface area contributed by atoms with Gasteiger partial charge in [-0.3, -0.25) is 4.68 Å². The molecule has 1 atom stereocenters. The summed E-state index contributed by atoms with van der Waals surface area (Å²) in [6.07, 6.45) is 3.41. The van der Waals surface area contributed by atoms with Gasteiger partial charge in [0.2, 0.25) is 0 Å². The van der Waals surface area contributed by atoms with E-state index in [1.54, 1.807) is 10.9 Å². The Labute approximate surface area is 109 Å². The van der Waals surface area contributed by atoms with Gasteiger partial charge in [-0.25, -0.2) is 9.59 Å². The molecule has 9 nitrogen and oxygen atoms in total. The minimum absolute atomic E-state index is 0.211. The van der Waals surface area contributed by atoms with E-state index in [9.17, 15) is 9.59 Å². The summed E-state index contributed by atoms with van der Waals surface area (Å²) in [4.78, 5) is 22.4. The number of nitrogens with zero attached hydrogens (tertiary/aromatic N) is 3. The SMILES string of the molecule is COCCC(NC(=O)NCCn1ccnn1)C(=O)O. The van der Waals surface area contributed by atoms with Crippen LogP contribution in [0.1, 0.15) is 6.42 Å². The molecule has 0 bridgehead atoms. The molecular weight excluding hydrogens is 254 g/mol. The number of nitrogens with one attached hydrogen (secondary N) is 2. The van der Waals surface area contributed by atoms with Crippen molar-refractivity contribution in [3.8, 4) is 0 Å². The van der Waals surface area contributed by atoms with Crippen molar-refractivity contribution in [3.63, 3.8) is 0 Å². The normalized spacial score (nSPS) is 11.8. The summed E-state index contributed by atoms with van der Waals surface area (Å²) in [6, 6.07) is -1.50. The highest BCUT2D eigenvalue weighted by Crippen LogP contribution is 1.93. The lowest BCUT2D eigenvalue weighted by Gasteiger charge is -2.14. The van der Waals surface area contributed by atoms with Gasteiger partial charge in [0.1, 0.15) is 6.04 Å². The highest BCUT2D eigenvalue weighted by atomic mass is 16.5. The Hall–Kier alpha value is -2.16. The third-order valence-electron chi connectivity index (χ3n) is 2.31. The molecular formula is C10H17N5O4. The number of hydrogen-bond acceptors (Lipinski definition) is 5. The zero-order valence-electron chi connectivity index (χ0n) is 10.6. The van der Waals surface area contributed by atoms with Crippen molar-refractivity contribution in [3.05, 3.63) is 12.4 Å². The number of carboxylic acid groups (broad SMARTS) is 1. The Morgan fingerprint density at radius 2 is 2.32 bits per heavy atom. The lowest BCUT2D eigenvalue weighted by atomic mass is 10.2. The van der Waals surface area contributed by atoms with E-state index >= 15 is 0 Å². The second-order valence-corrected chi connectivity index (χ2v) is 3.74. The van der Waals surface area contributed by atoms with Crippen LogP contribution in [0.2, 0.25) is 0 Å². The maximum Gasteiger partial charge on any atom is 0.326 e. The molecule has 0 saturated carbocycles. The molecule has 0 spiro atoms. The molecule has 1 heterocycles. The van der Waals surface area contributed by atoms with Gasteiger partial charge in [-0.2, -0.15) is 0 Å². The van der Waals surface area contributed by atoms with Crippen molar-refractivity contribution in [2.75, 3.05) is 20.3 Å². The van der Waals surface area contributed by atoms with Gasteiger partial charge in [0.05, 0.1) is 12.7 Å². The van der Waals surface area contributed by atoms with Crippen LogP contribution in [0.3, 0.4) is 0 Å². The molecule has 106 valence electrons. The predicted molar refractivity (Wildman–Crippen MR) is 64.5 cm³/mol. The predicted octanol–water partition coefficient (Wildman–Crippen LogP) is -0.933. The van der Waals surface area contributed by atoms with E-state index in [-0.39, 0.29) is 13.0 Å². The molecule has 0 radical (unpaired) electrons. The van der Waals surface area contributed by atoms with Crippen molar-refractivity contribution in [1.29, 1.82) is 0 Å². The van der Waals surface area contributed by atoms with Crippen molar-refractivity contribution < 1.29 is 19.4 Å². The first-order chi connectivity index (χ1) is 9.13. The molecule has 1 unspecified atom stereocenters. The third kappa shape index (κ3) is 5.82. The second-order valence-electron chi connectivity index (χ2n) is 3.74. The van der Waals surface area contributed by atoms with Gasteiger partial charge in [0.25, 0.3) is 0 Å². The number of rotatable bonds is 8. The average Bonchev–Trinajstić information content (AvgIpc) is 2.87. The molecule has 0 saturated heterocycles. The molecule has 0 fully saturated rings. The molecule has 1 aromatic rings. The fourth-order valence-corrected chi connectivity index (χ4v) is 1.34. The summed E-state index contributed by atoms with van der Waals surface area (Å²) in [7, 11) is 1.47. The summed E-state index contributed by atoms with van der Waals surface area (Å²) in [5, 5.41) is 21.1. The Morgan fingerprint density at radius 1 is 1.53 bits per heavy atom. The van der Waals surface area contributed by atoms with E-state index in [0.29, 0.717) is 13.1 Å². The van der Waals surface area contributed by atoms with Crippen LogP contribution in [0, 0.1) is 0 Å². The lowest BCUT2D eigenvalue weighted by Crippen LogP contribution is -2.47. The van der Waals surface area contributed by atoms with Crippen LogP contribution in [-0.2, 0) is 16.1 Å². The monoisotopic (exact) mass is 271 g/mol. The van der Waals surface area contributed by atoms with Gasteiger partial charge in [-0.05, 0) is 0 Å². The van der Waals surface area contributed by atoms with Crippen molar-refractivity contribution in [2.24, 2.45) is 0 Å². The molecule has 0 aromatic carbocycles. The highest BCUT2D eigenvalue weighted by Gasteiger charge is 2.19. The standard InChI is InChI=1S/C10H17N5O4/c1-19-7-2-8(9(16)17)13-10(18)11-3-5-15-6-4-12-14-15/h4,6,8H,2-3,5,7H2,1H3,(H,16,17)(H2,11,13,18). The van der Waals surface area contributed by atoms with Crippen molar-refractivity contribution in [1.82, 2.24) is 25.6 Å². The molecule has 9 heteroatoms. The van der Waals surface area contributed by atoms with Crippen molar-refractivity contribution in [2.45, 2.75) is 19.0 Å². The molecule has 1 rings (SSSR count). The first-order valence-electron chi connectivity index (χ1n) is 5.73. The van der Waals surface area contributed by atoms with Gasteiger partial charge in [-0.1, -0.05) is 5.21 Å². The van der Waals surface area contributed by atoms with Gasteiger partial charge in [0, 0.05) is 32.9 Å². The smallest absolute Gasteiger partial charge is 0.326 e. The second kappa shape index (κ2) is 8.03. The minimum atomic E-state index is -1.09. The Kier molecular flexibility index (Phi) is 6.30. The number of carboxylic acids is 1. The number of carbonyl (C=O) groups excluding carboxylic acids is 1. The summed E-state index contributed by atoms with van der Waals surface area (Å²) in [5.74, 6) is -1.09. The quantitative estimate of drug-likeness (QED) is 0.562. The highest BCUT2D eigenvalue weighted by molar-refractivity contribution is 5.82. The van der Waals surface area contributed by atoms with Crippen LogP contribution in [0.5, 0.6) is 0 Å². The zero-order valence-corrected chi connectivity index (χ0v) is 10.6. The fraction of sp³-hybridized carbons (Fsp3) is 0.600. The van der Waals surface area contributed by atoms with Gasteiger partial charge < -0.3 is 20.5 Å². The summed E-state index contributed by atoms with van der Waals surface area (Å²) in [6.45, 7) is 1.05. The fourth-order valence-electron chi connectivity index (χ4n) is 1.34. The van der Waals surface area contributed by atoms with E-state index in [1.165, 1.54) is 13.3 Å². The van der Waals surface area contributed by atoms with Crippen LogP contribution in [0.4, 0.5) is 4.79 Å². The molecule has 0 aliphatic rings. The summed E-state index contributed by atoms with van der Waals surface area (Å²) >= 11 is 0. The van der Waals surface area contributed by atoms with E-state index in [2.05, 4.69) is 20.9 Å². The number of hydrogen-bond donors (Lipinski definition) is 3. The topological polar surface area (TPSA) is 118 Å². The third-order valence-corrected chi connectivity index (χ3v) is 2.31. The van der Waals surface area contributed by atoms with Crippen LogP contribution >= 0.6 is 0 Å². The number of urea groups is 1.